The molecule has 1 N–H and O–H groups in total. The number of carbonyl (C=O) groups is 2. The van der Waals surface area contributed by atoms with Gasteiger partial charge in [-0.3, -0.25) is 9.59 Å². The van der Waals surface area contributed by atoms with Gasteiger partial charge in [-0.1, -0.05) is 17.7 Å². The van der Waals surface area contributed by atoms with Crippen molar-refractivity contribution in [3.63, 3.8) is 0 Å². The molecule has 1 aromatic heterocycles. The maximum atomic E-state index is 12.7. The highest BCUT2D eigenvalue weighted by atomic mass is 35.5. The monoisotopic (exact) mass is 333 g/mol. The van der Waals surface area contributed by atoms with Crippen LogP contribution in [0.1, 0.15) is 28.9 Å². The van der Waals surface area contributed by atoms with E-state index in [2.05, 4.69) is 5.10 Å². The lowest BCUT2D eigenvalue weighted by Crippen LogP contribution is -2.37. The van der Waals surface area contributed by atoms with Crippen LogP contribution < -0.4 is 0 Å². The average molecular weight is 334 g/mol. The summed E-state index contributed by atoms with van der Waals surface area (Å²) < 4.78 is 1.63. The molecule has 3 rings (SSSR count). The first-order chi connectivity index (χ1) is 11.0. The summed E-state index contributed by atoms with van der Waals surface area (Å²) in [6.45, 7) is 1.50. The number of rotatable bonds is 5. The molecule has 0 unspecified atom stereocenters. The van der Waals surface area contributed by atoms with E-state index in [9.17, 15) is 9.59 Å². The van der Waals surface area contributed by atoms with Gasteiger partial charge in [-0.2, -0.15) is 5.10 Å². The lowest BCUT2D eigenvalue weighted by Gasteiger charge is -2.19. The highest BCUT2D eigenvalue weighted by Gasteiger charge is 2.35. The highest BCUT2D eigenvalue weighted by Crippen LogP contribution is 2.29. The first kappa shape index (κ1) is 15.6. The molecule has 0 radical (unpaired) electrons. The Morgan fingerprint density at radius 3 is 2.78 bits per heavy atom. The van der Waals surface area contributed by atoms with E-state index >= 15 is 0 Å². The quantitative estimate of drug-likeness (QED) is 0.912. The van der Waals surface area contributed by atoms with Gasteiger partial charge in [0.05, 0.1) is 23.1 Å². The third kappa shape index (κ3) is 3.22. The van der Waals surface area contributed by atoms with E-state index in [1.54, 1.807) is 29.8 Å². The number of carboxylic acid groups (broad SMARTS) is 1. The molecule has 1 heterocycles. The Morgan fingerprint density at radius 2 is 2.17 bits per heavy atom. The van der Waals surface area contributed by atoms with E-state index < -0.39 is 5.97 Å². The second kappa shape index (κ2) is 6.04. The zero-order valence-electron chi connectivity index (χ0n) is 12.6. The van der Waals surface area contributed by atoms with Gasteiger partial charge in [-0.05, 0) is 38.0 Å². The molecule has 1 aromatic carbocycles. The maximum Gasteiger partial charge on any atom is 0.323 e. The van der Waals surface area contributed by atoms with Crippen molar-refractivity contribution in [3.05, 3.63) is 46.7 Å². The SMILES string of the molecule is Cc1c(C(=O)N(CC(=O)O)C2CC2)cnn1-c1cccc(Cl)c1. The van der Waals surface area contributed by atoms with Crippen molar-refractivity contribution in [1.29, 1.82) is 0 Å². The molecule has 2 aromatic rings. The lowest BCUT2D eigenvalue weighted by molar-refractivity contribution is -0.137. The molecule has 1 aliphatic carbocycles. The van der Waals surface area contributed by atoms with E-state index in [1.807, 2.05) is 6.07 Å². The van der Waals surface area contributed by atoms with Crippen LogP contribution in [-0.2, 0) is 4.79 Å². The van der Waals surface area contributed by atoms with Gasteiger partial charge in [-0.25, -0.2) is 4.68 Å². The summed E-state index contributed by atoms with van der Waals surface area (Å²) in [5.74, 6) is -1.30. The van der Waals surface area contributed by atoms with Gasteiger partial charge in [0.1, 0.15) is 6.54 Å². The number of amides is 1. The normalized spacial score (nSPS) is 13.8. The standard InChI is InChI=1S/C16H16ClN3O3/c1-10-14(16(23)19(9-15(21)22)12-5-6-12)8-18-20(10)13-4-2-3-11(17)7-13/h2-4,7-8,12H,5-6,9H2,1H3,(H,21,22). The number of aliphatic carboxylic acids is 1. The molecule has 0 spiro atoms. The molecule has 7 heteroatoms. The number of halogens is 1. The third-order valence-electron chi connectivity index (χ3n) is 3.85. The second-order valence-corrected chi connectivity index (χ2v) is 6.03. The van der Waals surface area contributed by atoms with Crippen molar-refractivity contribution >= 4 is 23.5 Å². The molecular formula is C16H16ClN3O3. The Morgan fingerprint density at radius 1 is 1.43 bits per heavy atom. The van der Waals surface area contributed by atoms with Crippen molar-refractivity contribution in [1.82, 2.24) is 14.7 Å². The lowest BCUT2D eigenvalue weighted by atomic mass is 10.2. The van der Waals surface area contributed by atoms with Crippen LogP contribution in [0.2, 0.25) is 5.02 Å². The Labute approximate surface area is 138 Å². The largest absolute Gasteiger partial charge is 0.480 e. The van der Waals surface area contributed by atoms with Crippen LogP contribution in [-0.4, -0.2) is 44.3 Å². The minimum Gasteiger partial charge on any atom is -0.480 e. The number of carbonyl (C=O) groups excluding carboxylic acids is 1. The van der Waals surface area contributed by atoms with Crippen LogP contribution >= 0.6 is 11.6 Å². The molecule has 0 atom stereocenters. The van der Waals surface area contributed by atoms with Gasteiger partial charge in [0, 0.05) is 11.1 Å². The fraction of sp³-hybridized carbons (Fsp3) is 0.312. The molecule has 0 bridgehead atoms. The van der Waals surface area contributed by atoms with Crippen molar-refractivity contribution in [2.24, 2.45) is 0 Å². The Bertz CT molecular complexity index is 768. The fourth-order valence-corrected chi connectivity index (χ4v) is 2.73. The van der Waals surface area contributed by atoms with Gasteiger partial charge < -0.3 is 10.0 Å². The van der Waals surface area contributed by atoms with Crippen LogP contribution in [0.4, 0.5) is 0 Å². The Kier molecular flexibility index (Phi) is 4.09. The van der Waals surface area contributed by atoms with Crippen molar-refractivity contribution in [2.45, 2.75) is 25.8 Å². The highest BCUT2D eigenvalue weighted by molar-refractivity contribution is 6.30. The fourth-order valence-electron chi connectivity index (χ4n) is 2.54. The van der Waals surface area contributed by atoms with E-state index in [0.29, 0.717) is 16.3 Å². The van der Waals surface area contributed by atoms with Crippen LogP contribution in [0.15, 0.2) is 30.5 Å². The summed E-state index contributed by atoms with van der Waals surface area (Å²) in [6, 6.07) is 7.19. The van der Waals surface area contributed by atoms with Gasteiger partial charge in [-0.15, -0.1) is 0 Å². The number of carboxylic acids is 1. The molecule has 1 amide bonds. The van der Waals surface area contributed by atoms with E-state index in [1.165, 1.54) is 11.1 Å². The summed E-state index contributed by atoms with van der Waals surface area (Å²) in [5, 5.41) is 13.8. The number of benzene rings is 1. The Hall–Kier alpha value is -2.34. The molecule has 0 aliphatic heterocycles. The van der Waals surface area contributed by atoms with Gasteiger partial charge in [0.15, 0.2) is 0 Å². The van der Waals surface area contributed by atoms with Gasteiger partial charge in [0.25, 0.3) is 5.91 Å². The first-order valence-corrected chi connectivity index (χ1v) is 7.68. The summed E-state index contributed by atoms with van der Waals surface area (Å²) in [5.41, 5.74) is 1.83. The van der Waals surface area contributed by atoms with Crippen LogP contribution in [0.5, 0.6) is 0 Å². The molecule has 1 fully saturated rings. The summed E-state index contributed by atoms with van der Waals surface area (Å²) in [6.07, 6.45) is 3.18. The summed E-state index contributed by atoms with van der Waals surface area (Å²) in [4.78, 5) is 25.1. The third-order valence-corrected chi connectivity index (χ3v) is 4.08. The van der Waals surface area contributed by atoms with Gasteiger partial charge >= 0.3 is 5.97 Å². The van der Waals surface area contributed by atoms with Crippen LogP contribution in [0.25, 0.3) is 5.69 Å². The zero-order chi connectivity index (χ0) is 16.6. The van der Waals surface area contributed by atoms with Crippen LogP contribution in [0, 0.1) is 6.92 Å². The second-order valence-electron chi connectivity index (χ2n) is 5.59. The molecule has 6 nitrogen and oxygen atoms in total. The predicted molar refractivity (Wildman–Crippen MR) is 85.0 cm³/mol. The average Bonchev–Trinajstić information content (AvgIpc) is 3.26. The molecular weight excluding hydrogens is 318 g/mol. The van der Waals surface area contributed by atoms with Crippen molar-refractivity contribution < 1.29 is 14.7 Å². The smallest absolute Gasteiger partial charge is 0.323 e. The molecule has 1 saturated carbocycles. The molecule has 23 heavy (non-hydrogen) atoms. The van der Waals surface area contributed by atoms with Gasteiger partial charge in [0.2, 0.25) is 0 Å². The van der Waals surface area contributed by atoms with E-state index in [4.69, 9.17) is 16.7 Å². The number of hydrogen-bond donors (Lipinski definition) is 1. The van der Waals surface area contributed by atoms with E-state index in [0.717, 1.165) is 18.5 Å². The predicted octanol–water partition coefficient (Wildman–Crippen LogP) is 2.52. The maximum absolute atomic E-state index is 12.7. The molecule has 0 saturated heterocycles. The molecule has 1 aliphatic rings. The minimum atomic E-state index is -1.01. The summed E-state index contributed by atoms with van der Waals surface area (Å²) >= 11 is 5.99. The topological polar surface area (TPSA) is 75.4 Å². The number of aromatic nitrogens is 2. The first-order valence-electron chi connectivity index (χ1n) is 7.30. The van der Waals surface area contributed by atoms with Crippen molar-refractivity contribution in [3.8, 4) is 5.69 Å². The molecule has 120 valence electrons. The minimum absolute atomic E-state index is 0.0209. The number of nitrogens with zero attached hydrogens (tertiary/aromatic N) is 3. The number of hydrogen-bond acceptors (Lipinski definition) is 3. The van der Waals surface area contributed by atoms with Crippen molar-refractivity contribution in [2.75, 3.05) is 6.54 Å². The zero-order valence-corrected chi connectivity index (χ0v) is 13.3. The van der Waals surface area contributed by atoms with Crippen LogP contribution in [0.3, 0.4) is 0 Å². The summed E-state index contributed by atoms with van der Waals surface area (Å²) in [7, 11) is 0. The van der Waals surface area contributed by atoms with E-state index in [-0.39, 0.29) is 18.5 Å². The Balaban J connectivity index is 1.91.